The zero-order valence-electron chi connectivity index (χ0n) is 10.2. The van der Waals surface area contributed by atoms with Crippen LogP contribution in [-0.2, 0) is 24.2 Å². The monoisotopic (exact) mass is 232 g/mol. The molecule has 92 valence electrons. The van der Waals surface area contributed by atoms with Crippen molar-refractivity contribution in [2.24, 2.45) is 0 Å². The van der Waals surface area contributed by atoms with Gasteiger partial charge in [0.05, 0.1) is 13.2 Å². The van der Waals surface area contributed by atoms with Crippen LogP contribution in [0.2, 0.25) is 0 Å². The molecule has 0 amide bonds. The van der Waals surface area contributed by atoms with Crippen LogP contribution in [0.15, 0.2) is 18.2 Å². The van der Waals surface area contributed by atoms with Crippen LogP contribution in [0.5, 0.6) is 0 Å². The van der Waals surface area contributed by atoms with Gasteiger partial charge in [-0.25, -0.2) is 0 Å². The first kappa shape index (κ1) is 11.2. The van der Waals surface area contributed by atoms with E-state index in [9.17, 15) is 0 Å². The molecule has 3 nitrogen and oxygen atoms in total. The van der Waals surface area contributed by atoms with Crippen LogP contribution in [-0.4, -0.2) is 37.7 Å². The maximum Gasteiger partial charge on any atom is 0.0594 e. The lowest BCUT2D eigenvalue weighted by atomic mass is 10.0. The second-order valence-corrected chi connectivity index (χ2v) is 4.91. The normalized spacial score (nSPS) is 20.5. The Morgan fingerprint density at radius 2 is 1.94 bits per heavy atom. The first-order chi connectivity index (χ1) is 8.42. The van der Waals surface area contributed by atoms with Crippen LogP contribution in [0.4, 0.5) is 0 Å². The Bertz CT molecular complexity index is 386. The molecule has 0 spiro atoms. The van der Waals surface area contributed by atoms with E-state index in [-0.39, 0.29) is 0 Å². The summed E-state index contributed by atoms with van der Waals surface area (Å²) in [7, 11) is 0. The Hall–Kier alpha value is -0.900. The van der Waals surface area contributed by atoms with Crippen molar-refractivity contribution in [3.05, 3.63) is 34.9 Å². The lowest BCUT2D eigenvalue weighted by molar-refractivity contribution is 0.0384. The fraction of sp³-hybridized carbons (Fsp3) is 0.571. The molecule has 0 radical (unpaired) electrons. The molecule has 3 rings (SSSR count). The summed E-state index contributed by atoms with van der Waals surface area (Å²) in [5, 5.41) is 3.39. The molecule has 0 saturated carbocycles. The summed E-state index contributed by atoms with van der Waals surface area (Å²) < 4.78 is 5.36. The number of nitrogens with zero attached hydrogens (tertiary/aromatic N) is 1. The highest BCUT2D eigenvalue weighted by Gasteiger charge is 2.12. The molecule has 0 aromatic heterocycles. The third-order valence-corrected chi connectivity index (χ3v) is 3.72. The molecule has 2 aliphatic heterocycles. The number of hydrogen-bond acceptors (Lipinski definition) is 3. The number of fused-ring (bicyclic) bond motifs is 1. The molecule has 0 atom stereocenters. The van der Waals surface area contributed by atoms with Crippen molar-refractivity contribution in [1.82, 2.24) is 10.2 Å². The third-order valence-electron chi connectivity index (χ3n) is 3.72. The van der Waals surface area contributed by atoms with Crippen LogP contribution in [0.25, 0.3) is 0 Å². The van der Waals surface area contributed by atoms with E-state index < -0.39 is 0 Å². The van der Waals surface area contributed by atoms with Gasteiger partial charge < -0.3 is 10.1 Å². The molecular weight excluding hydrogens is 212 g/mol. The van der Waals surface area contributed by atoms with E-state index in [2.05, 4.69) is 28.4 Å². The molecule has 1 aromatic rings. The summed E-state index contributed by atoms with van der Waals surface area (Å²) in [5.41, 5.74) is 4.43. The second kappa shape index (κ2) is 5.17. The number of nitrogens with one attached hydrogen (secondary N) is 1. The van der Waals surface area contributed by atoms with Crippen molar-refractivity contribution in [3.8, 4) is 0 Å². The fourth-order valence-electron chi connectivity index (χ4n) is 2.62. The van der Waals surface area contributed by atoms with E-state index in [0.717, 1.165) is 52.4 Å². The van der Waals surface area contributed by atoms with E-state index >= 15 is 0 Å². The van der Waals surface area contributed by atoms with E-state index in [1.807, 2.05) is 0 Å². The summed E-state index contributed by atoms with van der Waals surface area (Å²) in [6.45, 7) is 7.22. The summed E-state index contributed by atoms with van der Waals surface area (Å²) in [4.78, 5) is 2.50. The van der Waals surface area contributed by atoms with E-state index in [0.29, 0.717) is 0 Å². The number of benzene rings is 1. The van der Waals surface area contributed by atoms with Gasteiger partial charge in [-0.1, -0.05) is 18.2 Å². The number of rotatable bonds is 3. The average Bonchev–Trinajstić information content (AvgIpc) is 2.85. The predicted molar refractivity (Wildman–Crippen MR) is 67.9 cm³/mol. The summed E-state index contributed by atoms with van der Waals surface area (Å²) >= 11 is 0. The van der Waals surface area contributed by atoms with E-state index in [4.69, 9.17) is 4.74 Å². The van der Waals surface area contributed by atoms with Gasteiger partial charge in [-0.3, -0.25) is 4.90 Å². The lowest BCUT2D eigenvalue weighted by Crippen LogP contribution is -2.37. The van der Waals surface area contributed by atoms with Gasteiger partial charge in [0, 0.05) is 32.7 Å². The standard InChI is InChI=1S/C14H20N2O/c1-2-13-10-15-11-14(13)9-12(1)3-4-16-5-7-17-8-6-16/h1-2,9,15H,3-8,10-11H2. The van der Waals surface area contributed by atoms with Crippen LogP contribution >= 0.6 is 0 Å². The maximum atomic E-state index is 5.36. The van der Waals surface area contributed by atoms with E-state index in [1.165, 1.54) is 16.7 Å². The molecule has 0 unspecified atom stereocenters. The highest BCUT2D eigenvalue weighted by Crippen LogP contribution is 2.17. The average molecular weight is 232 g/mol. The highest BCUT2D eigenvalue weighted by molar-refractivity contribution is 5.34. The van der Waals surface area contributed by atoms with Crippen LogP contribution in [0, 0.1) is 0 Å². The number of ether oxygens (including phenoxy) is 1. The molecule has 0 bridgehead atoms. The Morgan fingerprint density at radius 3 is 2.82 bits per heavy atom. The minimum atomic E-state index is 0.897. The number of morpholine rings is 1. The Morgan fingerprint density at radius 1 is 1.12 bits per heavy atom. The Balaban J connectivity index is 1.57. The zero-order valence-corrected chi connectivity index (χ0v) is 10.2. The van der Waals surface area contributed by atoms with Crippen molar-refractivity contribution >= 4 is 0 Å². The summed E-state index contributed by atoms with van der Waals surface area (Å²) in [6.07, 6.45) is 1.16. The molecule has 0 aliphatic carbocycles. The SMILES string of the molecule is c1cc2c(cc1CCN1CCOCC1)CNC2. The lowest BCUT2D eigenvalue weighted by Gasteiger charge is -2.26. The van der Waals surface area contributed by atoms with Crippen LogP contribution in [0.1, 0.15) is 16.7 Å². The smallest absolute Gasteiger partial charge is 0.0594 e. The topological polar surface area (TPSA) is 24.5 Å². The summed E-state index contributed by atoms with van der Waals surface area (Å²) in [6, 6.07) is 6.94. The first-order valence-electron chi connectivity index (χ1n) is 6.53. The zero-order chi connectivity index (χ0) is 11.5. The van der Waals surface area contributed by atoms with Gasteiger partial charge >= 0.3 is 0 Å². The Kier molecular flexibility index (Phi) is 3.41. The fourth-order valence-corrected chi connectivity index (χ4v) is 2.62. The van der Waals surface area contributed by atoms with Crippen molar-refractivity contribution in [2.75, 3.05) is 32.8 Å². The summed E-state index contributed by atoms with van der Waals surface area (Å²) in [5.74, 6) is 0. The van der Waals surface area contributed by atoms with Gasteiger partial charge in [-0.05, 0) is 23.1 Å². The van der Waals surface area contributed by atoms with Crippen molar-refractivity contribution in [2.45, 2.75) is 19.5 Å². The Labute approximate surface area is 103 Å². The van der Waals surface area contributed by atoms with E-state index in [1.54, 1.807) is 0 Å². The highest BCUT2D eigenvalue weighted by atomic mass is 16.5. The van der Waals surface area contributed by atoms with Gasteiger partial charge in [0.2, 0.25) is 0 Å². The molecule has 2 aliphatic rings. The van der Waals surface area contributed by atoms with Gasteiger partial charge in [0.15, 0.2) is 0 Å². The number of hydrogen-bond donors (Lipinski definition) is 1. The molecule has 17 heavy (non-hydrogen) atoms. The van der Waals surface area contributed by atoms with Gasteiger partial charge in [0.1, 0.15) is 0 Å². The quantitative estimate of drug-likeness (QED) is 0.846. The van der Waals surface area contributed by atoms with Crippen molar-refractivity contribution in [1.29, 1.82) is 0 Å². The second-order valence-electron chi connectivity index (χ2n) is 4.91. The molecule has 2 heterocycles. The predicted octanol–water partition coefficient (Wildman–Crippen LogP) is 1.16. The van der Waals surface area contributed by atoms with Crippen molar-refractivity contribution in [3.63, 3.8) is 0 Å². The molecule has 1 saturated heterocycles. The molecule has 1 fully saturated rings. The third kappa shape index (κ3) is 2.68. The van der Waals surface area contributed by atoms with Crippen LogP contribution < -0.4 is 5.32 Å². The van der Waals surface area contributed by atoms with Gasteiger partial charge in [-0.15, -0.1) is 0 Å². The minimum Gasteiger partial charge on any atom is -0.379 e. The molecule has 1 aromatic carbocycles. The van der Waals surface area contributed by atoms with Gasteiger partial charge in [0.25, 0.3) is 0 Å². The van der Waals surface area contributed by atoms with Crippen molar-refractivity contribution < 1.29 is 4.74 Å². The largest absolute Gasteiger partial charge is 0.379 e. The minimum absolute atomic E-state index is 0.897. The van der Waals surface area contributed by atoms with Crippen LogP contribution in [0.3, 0.4) is 0 Å². The first-order valence-corrected chi connectivity index (χ1v) is 6.53. The molecule has 1 N–H and O–H groups in total. The maximum absolute atomic E-state index is 5.36. The molecule has 3 heteroatoms. The van der Waals surface area contributed by atoms with Gasteiger partial charge in [-0.2, -0.15) is 0 Å². The molecular formula is C14H20N2O.